The molecule has 3 aromatic rings. The topological polar surface area (TPSA) is 102 Å². The Kier molecular flexibility index (Phi) is 5.31. The van der Waals surface area contributed by atoms with Crippen molar-refractivity contribution in [1.82, 2.24) is 23.8 Å². The average molecular weight is 414 g/mol. The first-order chi connectivity index (χ1) is 13.9. The number of anilines is 2. The molecule has 0 radical (unpaired) electrons. The first-order valence-electron chi connectivity index (χ1n) is 9.18. The number of morpholine rings is 1. The van der Waals surface area contributed by atoms with Gasteiger partial charge in [-0.2, -0.15) is 4.31 Å². The van der Waals surface area contributed by atoms with E-state index in [4.69, 9.17) is 4.74 Å². The number of hydrogen-bond donors (Lipinski definition) is 1. The molecule has 4 heterocycles. The second-order valence-corrected chi connectivity index (χ2v) is 8.75. The minimum Gasteiger partial charge on any atom is -0.369 e. The highest BCUT2D eigenvalue weighted by Crippen LogP contribution is 2.26. The van der Waals surface area contributed by atoms with Gasteiger partial charge < -0.3 is 14.6 Å². The van der Waals surface area contributed by atoms with Crippen LogP contribution < -0.4 is 5.32 Å². The molecule has 1 fully saturated rings. The third kappa shape index (κ3) is 4.14. The quantitative estimate of drug-likeness (QED) is 0.681. The molecule has 1 saturated heterocycles. The van der Waals surface area contributed by atoms with Gasteiger partial charge in [0.1, 0.15) is 11.9 Å². The summed E-state index contributed by atoms with van der Waals surface area (Å²) in [5, 5.41) is 3.27. The monoisotopic (exact) mass is 414 g/mol. The summed E-state index contributed by atoms with van der Waals surface area (Å²) in [5.41, 5.74) is 2.50. The van der Waals surface area contributed by atoms with Crippen molar-refractivity contribution in [3.63, 3.8) is 0 Å². The number of nitrogens with zero attached hydrogens (tertiary/aromatic N) is 5. The predicted molar refractivity (Wildman–Crippen MR) is 107 cm³/mol. The number of ether oxygens (including phenoxy) is 1. The summed E-state index contributed by atoms with van der Waals surface area (Å²) in [7, 11) is -1.93. The SMILES string of the molecule is Cc1cccnc1Nc1ccc(C2CN(S(=O)(=O)c3cn(C)cn3)CCO2)nc1. The molecule has 1 aliphatic heterocycles. The zero-order valence-corrected chi connectivity index (χ0v) is 17.0. The number of aryl methyl sites for hydroxylation is 2. The largest absolute Gasteiger partial charge is 0.369 e. The molecule has 0 bridgehead atoms. The van der Waals surface area contributed by atoms with Gasteiger partial charge in [0.2, 0.25) is 0 Å². The number of rotatable bonds is 5. The normalized spacial score (nSPS) is 17.9. The van der Waals surface area contributed by atoms with Gasteiger partial charge in [0.05, 0.1) is 30.5 Å². The van der Waals surface area contributed by atoms with Crippen LogP contribution in [0.5, 0.6) is 0 Å². The molecular weight excluding hydrogens is 392 g/mol. The van der Waals surface area contributed by atoms with E-state index in [2.05, 4.69) is 20.3 Å². The number of aromatic nitrogens is 4. The van der Waals surface area contributed by atoms with Gasteiger partial charge in [-0.3, -0.25) is 4.98 Å². The molecule has 1 atom stereocenters. The van der Waals surface area contributed by atoms with E-state index in [9.17, 15) is 8.42 Å². The third-order valence-corrected chi connectivity index (χ3v) is 6.45. The lowest BCUT2D eigenvalue weighted by molar-refractivity contribution is -0.00498. The van der Waals surface area contributed by atoms with Gasteiger partial charge in [-0.15, -0.1) is 0 Å². The van der Waals surface area contributed by atoms with Gasteiger partial charge >= 0.3 is 0 Å². The average Bonchev–Trinajstić information content (AvgIpc) is 3.18. The van der Waals surface area contributed by atoms with E-state index in [0.29, 0.717) is 12.3 Å². The van der Waals surface area contributed by atoms with Crippen LogP contribution in [-0.2, 0) is 21.8 Å². The number of imidazole rings is 1. The zero-order chi connectivity index (χ0) is 20.4. The standard InChI is InChI=1S/C19H22N6O3S/c1-14-4-3-7-20-19(14)23-15-5-6-16(21-10-15)17-11-25(8-9-28-17)29(26,27)18-12-24(2)13-22-18/h3-7,10,12-13,17H,8-9,11H2,1-2H3,(H,20,23). The molecule has 4 rings (SSSR count). The van der Waals surface area contributed by atoms with E-state index in [-0.39, 0.29) is 18.1 Å². The Balaban J connectivity index is 1.48. The molecule has 152 valence electrons. The fourth-order valence-electron chi connectivity index (χ4n) is 3.10. The van der Waals surface area contributed by atoms with Gasteiger partial charge in [0.25, 0.3) is 10.0 Å². The van der Waals surface area contributed by atoms with E-state index in [1.54, 1.807) is 24.0 Å². The first-order valence-corrected chi connectivity index (χ1v) is 10.6. The lowest BCUT2D eigenvalue weighted by Crippen LogP contribution is -2.42. The maximum absolute atomic E-state index is 12.8. The van der Waals surface area contributed by atoms with Crippen LogP contribution in [-0.4, -0.2) is 51.9 Å². The molecule has 0 spiro atoms. The number of sulfonamides is 1. The van der Waals surface area contributed by atoms with E-state index in [0.717, 1.165) is 17.1 Å². The van der Waals surface area contributed by atoms with Crippen LogP contribution in [0.15, 0.2) is 54.2 Å². The molecule has 0 amide bonds. The van der Waals surface area contributed by atoms with Crippen LogP contribution in [0.3, 0.4) is 0 Å². The van der Waals surface area contributed by atoms with Gasteiger partial charge in [0, 0.05) is 32.5 Å². The summed E-state index contributed by atoms with van der Waals surface area (Å²) >= 11 is 0. The Morgan fingerprint density at radius 3 is 2.76 bits per heavy atom. The highest BCUT2D eigenvalue weighted by Gasteiger charge is 2.33. The highest BCUT2D eigenvalue weighted by atomic mass is 32.2. The summed E-state index contributed by atoms with van der Waals surface area (Å²) in [5.74, 6) is 0.767. The molecule has 1 N–H and O–H groups in total. The summed E-state index contributed by atoms with van der Waals surface area (Å²) in [6, 6.07) is 7.57. The van der Waals surface area contributed by atoms with Crippen molar-refractivity contribution in [1.29, 1.82) is 0 Å². The molecule has 10 heteroatoms. The van der Waals surface area contributed by atoms with Gasteiger partial charge in [-0.25, -0.2) is 18.4 Å². The van der Waals surface area contributed by atoms with Crippen molar-refractivity contribution < 1.29 is 13.2 Å². The predicted octanol–water partition coefficient (Wildman–Crippen LogP) is 2.02. The Labute approximate surface area is 169 Å². The van der Waals surface area contributed by atoms with E-state index < -0.39 is 16.1 Å². The minimum absolute atomic E-state index is 0.0406. The molecule has 1 unspecified atom stereocenters. The van der Waals surface area contributed by atoms with Crippen molar-refractivity contribution in [2.75, 3.05) is 25.0 Å². The minimum atomic E-state index is -3.66. The van der Waals surface area contributed by atoms with Crippen molar-refractivity contribution in [3.05, 3.63) is 60.4 Å². The fraction of sp³-hybridized carbons (Fsp3) is 0.316. The lowest BCUT2D eigenvalue weighted by Gasteiger charge is -2.31. The smallest absolute Gasteiger partial charge is 0.262 e. The molecule has 3 aromatic heterocycles. The number of nitrogens with one attached hydrogen (secondary N) is 1. The molecule has 0 aromatic carbocycles. The van der Waals surface area contributed by atoms with Gasteiger partial charge in [-0.05, 0) is 30.7 Å². The van der Waals surface area contributed by atoms with Crippen LogP contribution in [0.1, 0.15) is 17.4 Å². The van der Waals surface area contributed by atoms with E-state index in [1.807, 2.05) is 31.2 Å². The van der Waals surface area contributed by atoms with Crippen molar-refractivity contribution in [2.24, 2.45) is 7.05 Å². The first kappa shape index (κ1) is 19.5. The zero-order valence-electron chi connectivity index (χ0n) is 16.2. The molecule has 1 aliphatic rings. The Morgan fingerprint density at radius 2 is 2.07 bits per heavy atom. The number of pyridine rings is 2. The summed E-state index contributed by atoms with van der Waals surface area (Å²) in [6.45, 7) is 2.75. The molecule has 9 nitrogen and oxygen atoms in total. The molecule has 0 saturated carbocycles. The van der Waals surface area contributed by atoms with E-state index in [1.165, 1.54) is 16.8 Å². The van der Waals surface area contributed by atoms with Crippen LogP contribution in [0.25, 0.3) is 0 Å². The maximum atomic E-state index is 12.8. The Bertz CT molecular complexity index is 1100. The highest BCUT2D eigenvalue weighted by molar-refractivity contribution is 7.89. The Hall–Kier alpha value is -2.82. The number of hydrogen-bond acceptors (Lipinski definition) is 7. The summed E-state index contributed by atoms with van der Waals surface area (Å²) in [6.07, 6.45) is 5.95. The lowest BCUT2D eigenvalue weighted by atomic mass is 10.2. The van der Waals surface area contributed by atoms with Gasteiger partial charge in [-0.1, -0.05) is 6.07 Å². The third-order valence-electron chi connectivity index (χ3n) is 4.70. The van der Waals surface area contributed by atoms with Crippen LogP contribution >= 0.6 is 0 Å². The van der Waals surface area contributed by atoms with Gasteiger partial charge in [0.15, 0.2) is 5.03 Å². The fourth-order valence-corrected chi connectivity index (χ4v) is 4.49. The maximum Gasteiger partial charge on any atom is 0.262 e. The van der Waals surface area contributed by atoms with Crippen LogP contribution in [0, 0.1) is 6.92 Å². The van der Waals surface area contributed by atoms with Crippen molar-refractivity contribution in [2.45, 2.75) is 18.1 Å². The molecule has 0 aliphatic carbocycles. The second-order valence-electron chi connectivity index (χ2n) is 6.87. The molecule has 29 heavy (non-hydrogen) atoms. The van der Waals surface area contributed by atoms with Crippen molar-refractivity contribution in [3.8, 4) is 0 Å². The van der Waals surface area contributed by atoms with Crippen molar-refractivity contribution >= 4 is 21.5 Å². The van der Waals surface area contributed by atoms with Crippen LogP contribution in [0.2, 0.25) is 0 Å². The summed E-state index contributed by atoms with van der Waals surface area (Å²) in [4.78, 5) is 12.8. The molecular formula is C19H22N6O3S. The second kappa shape index (κ2) is 7.90. The summed E-state index contributed by atoms with van der Waals surface area (Å²) < 4.78 is 34.4. The van der Waals surface area contributed by atoms with Crippen LogP contribution in [0.4, 0.5) is 11.5 Å². The van der Waals surface area contributed by atoms with E-state index >= 15 is 0 Å². The Morgan fingerprint density at radius 1 is 1.21 bits per heavy atom.